The molecule has 2 unspecified atom stereocenters. The van der Waals surface area contributed by atoms with E-state index >= 15 is 0 Å². The lowest BCUT2D eigenvalue weighted by Gasteiger charge is -2.28. The largest absolute Gasteiger partial charge is 0.378 e. The van der Waals surface area contributed by atoms with E-state index in [1.165, 1.54) is 12.8 Å². The third kappa shape index (κ3) is 1.96. The topological polar surface area (TPSA) is 21.3 Å². The average molecular weight is 143 g/mol. The smallest absolute Gasteiger partial charge is 0.0587 e. The fraction of sp³-hybridized carbons (Fsp3) is 1.00. The van der Waals surface area contributed by atoms with E-state index in [0.29, 0.717) is 6.10 Å². The number of hydrogen-bond donors (Lipinski definition) is 1. The lowest BCUT2D eigenvalue weighted by atomic mass is 9.95. The normalized spacial score (nSPS) is 34.2. The summed E-state index contributed by atoms with van der Waals surface area (Å²) in [5.41, 5.74) is 0. The second-order valence-corrected chi connectivity index (χ2v) is 3.04. The standard InChI is InChI=1S/C8H17NO/c1-7-8(6-9-2)4-3-5-10-7/h7-9H,3-6H2,1-2H3. The van der Waals surface area contributed by atoms with Crippen LogP contribution in [0.15, 0.2) is 0 Å². The van der Waals surface area contributed by atoms with Gasteiger partial charge < -0.3 is 10.1 Å². The van der Waals surface area contributed by atoms with Crippen molar-refractivity contribution < 1.29 is 4.74 Å². The van der Waals surface area contributed by atoms with Crippen LogP contribution in [-0.4, -0.2) is 26.3 Å². The van der Waals surface area contributed by atoms with Gasteiger partial charge in [0.1, 0.15) is 0 Å². The summed E-state index contributed by atoms with van der Waals surface area (Å²) < 4.78 is 5.50. The molecular weight excluding hydrogens is 126 g/mol. The lowest BCUT2D eigenvalue weighted by molar-refractivity contribution is -0.0132. The highest BCUT2D eigenvalue weighted by Gasteiger charge is 2.20. The number of ether oxygens (including phenoxy) is 1. The zero-order chi connectivity index (χ0) is 7.40. The first-order chi connectivity index (χ1) is 4.84. The van der Waals surface area contributed by atoms with Crippen molar-refractivity contribution in [2.75, 3.05) is 20.2 Å². The van der Waals surface area contributed by atoms with Gasteiger partial charge in [0.2, 0.25) is 0 Å². The van der Waals surface area contributed by atoms with E-state index in [4.69, 9.17) is 4.74 Å². The van der Waals surface area contributed by atoms with Gasteiger partial charge in [0.05, 0.1) is 6.10 Å². The Balaban J connectivity index is 2.25. The number of nitrogens with one attached hydrogen (secondary N) is 1. The minimum Gasteiger partial charge on any atom is -0.378 e. The molecule has 0 aliphatic carbocycles. The van der Waals surface area contributed by atoms with E-state index in [0.717, 1.165) is 19.1 Å². The Morgan fingerprint density at radius 1 is 1.60 bits per heavy atom. The van der Waals surface area contributed by atoms with Gasteiger partial charge >= 0.3 is 0 Å². The zero-order valence-corrected chi connectivity index (χ0v) is 6.89. The van der Waals surface area contributed by atoms with Crippen molar-refractivity contribution >= 4 is 0 Å². The van der Waals surface area contributed by atoms with Crippen LogP contribution in [0.3, 0.4) is 0 Å². The van der Waals surface area contributed by atoms with Gasteiger partial charge in [-0.3, -0.25) is 0 Å². The summed E-state index contributed by atoms with van der Waals surface area (Å²) >= 11 is 0. The molecule has 1 saturated heterocycles. The van der Waals surface area contributed by atoms with Crippen molar-refractivity contribution in [2.24, 2.45) is 5.92 Å². The monoisotopic (exact) mass is 143 g/mol. The van der Waals surface area contributed by atoms with Gasteiger partial charge in [0.25, 0.3) is 0 Å². The Morgan fingerprint density at radius 3 is 3.00 bits per heavy atom. The van der Waals surface area contributed by atoms with E-state index in [-0.39, 0.29) is 0 Å². The summed E-state index contributed by atoms with van der Waals surface area (Å²) in [5, 5.41) is 3.19. The fourth-order valence-electron chi connectivity index (χ4n) is 1.52. The van der Waals surface area contributed by atoms with Crippen LogP contribution >= 0.6 is 0 Å². The second kappa shape index (κ2) is 3.94. The molecule has 2 nitrogen and oxygen atoms in total. The minimum atomic E-state index is 0.459. The zero-order valence-electron chi connectivity index (χ0n) is 6.89. The van der Waals surface area contributed by atoms with Crippen LogP contribution in [-0.2, 0) is 4.74 Å². The van der Waals surface area contributed by atoms with E-state index in [1.807, 2.05) is 7.05 Å². The SMILES string of the molecule is CNCC1CCCOC1C. The Kier molecular flexibility index (Phi) is 3.16. The summed E-state index contributed by atoms with van der Waals surface area (Å²) in [4.78, 5) is 0. The van der Waals surface area contributed by atoms with Gasteiger partial charge in [0, 0.05) is 13.2 Å². The molecule has 1 N–H and O–H groups in total. The van der Waals surface area contributed by atoms with Crippen LogP contribution in [0.1, 0.15) is 19.8 Å². The first-order valence-electron chi connectivity index (χ1n) is 4.11. The Bertz CT molecular complexity index is 93.3. The summed E-state index contributed by atoms with van der Waals surface area (Å²) in [6.45, 7) is 4.23. The quantitative estimate of drug-likeness (QED) is 0.623. The van der Waals surface area contributed by atoms with Gasteiger partial charge in [-0.1, -0.05) is 0 Å². The van der Waals surface area contributed by atoms with E-state index in [2.05, 4.69) is 12.2 Å². The molecule has 0 amide bonds. The van der Waals surface area contributed by atoms with Crippen LogP contribution < -0.4 is 5.32 Å². The van der Waals surface area contributed by atoms with Gasteiger partial charge in [-0.25, -0.2) is 0 Å². The van der Waals surface area contributed by atoms with Crippen molar-refractivity contribution in [3.63, 3.8) is 0 Å². The molecule has 1 aliphatic rings. The van der Waals surface area contributed by atoms with Gasteiger partial charge in [-0.15, -0.1) is 0 Å². The maximum Gasteiger partial charge on any atom is 0.0587 e. The highest BCUT2D eigenvalue weighted by atomic mass is 16.5. The highest BCUT2D eigenvalue weighted by molar-refractivity contribution is 4.71. The molecule has 0 saturated carbocycles. The molecule has 1 aliphatic heterocycles. The molecule has 1 fully saturated rings. The Hall–Kier alpha value is -0.0800. The van der Waals surface area contributed by atoms with Crippen LogP contribution in [0.5, 0.6) is 0 Å². The molecule has 2 atom stereocenters. The third-order valence-corrected chi connectivity index (χ3v) is 2.23. The fourth-order valence-corrected chi connectivity index (χ4v) is 1.52. The van der Waals surface area contributed by atoms with Crippen LogP contribution in [0, 0.1) is 5.92 Å². The van der Waals surface area contributed by atoms with E-state index in [9.17, 15) is 0 Å². The molecular formula is C8H17NO. The molecule has 10 heavy (non-hydrogen) atoms. The van der Waals surface area contributed by atoms with E-state index in [1.54, 1.807) is 0 Å². The molecule has 60 valence electrons. The van der Waals surface area contributed by atoms with Gasteiger partial charge in [-0.05, 0) is 32.7 Å². The maximum absolute atomic E-state index is 5.50. The summed E-state index contributed by atoms with van der Waals surface area (Å²) in [7, 11) is 2.00. The highest BCUT2D eigenvalue weighted by Crippen LogP contribution is 2.19. The maximum atomic E-state index is 5.50. The summed E-state index contributed by atoms with van der Waals surface area (Å²) in [5.74, 6) is 0.735. The lowest BCUT2D eigenvalue weighted by Crippen LogP contribution is -2.33. The molecule has 1 heterocycles. The molecule has 1 rings (SSSR count). The molecule has 0 aromatic heterocycles. The van der Waals surface area contributed by atoms with Crippen molar-refractivity contribution in [3.05, 3.63) is 0 Å². The van der Waals surface area contributed by atoms with Gasteiger partial charge in [-0.2, -0.15) is 0 Å². The van der Waals surface area contributed by atoms with Crippen LogP contribution in [0.4, 0.5) is 0 Å². The second-order valence-electron chi connectivity index (χ2n) is 3.04. The first kappa shape index (κ1) is 8.02. The molecule has 0 aromatic carbocycles. The summed E-state index contributed by atoms with van der Waals surface area (Å²) in [6.07, 6.45) is 3.01. The molecule has 0 aromatic rings. The van der Waals surface area contributed by atoms with Crippen LogP contribution in [0.25, 0.3) is 0 Å². The van der Waals surface area contributed by atoms with Crippen molar-refractivity contribution in [3.8, 4) is 0 Å². The molecule has 0 bridgehead atoms. The molecule has 2 heteroatoms. The van der Waals surface area contributed by atoms with Crippen molar-refractivity contribution in [1.29, 1.82) is 0 Å². The Morgan fingerprint density at radius 2 is 2.40 bits per heavy atom. The third-order valence-electron chi connectivity index (χ3n) is 2.23. The van der Waals surface area contributed by atoms with Crippen molar-refractivity contribution in [1.82, 2.24) is 5.32 Å². The average Bonchev–Trinajstić information content (AvgIpc) is 1.94. The summed E-state index contributed by atoms with van der Waals surface area (Å²) in [6, 6.07) is 0. The predicted octanol–water partition coefficient (Wildman–Crippen LogP) is 1.02. The minimum absolute atomic E-state index is 0.459. The number of rotatable bonds is 2. The number of hydrogen-bond acceptors (Lipinski definition) is 2. The van der Waals surface area contributed by atoms with Crippen LogP contribution in [0.2, 0.25) is 0 Å². The Labute approximate surface area is 63.0 Å². The van der Waals surface area contributed by atoms with Crippen molar-refractivity contribution in [2.45, 2.75) is 25.9 Å². The molecule has 0 spiro atoms. The molecule has 0 radical (unpaired) electrons. The van der Waals surface area contributed by atoms with E-state index < -0.39 is 0 Å². The van der Waals surface area contributed by atoms with Gasteiger partial charge in [0.15, 0.2) is 0 Å². The first-order valence-corrected chi connectivity index (χ1v) is 4.11. The predicted molar refractivity (Wildman–Crippen MR) is 42.1 cm³/mol.